The van der Waals surface area contributed by atoms with Gasteiger partial charge in [0.2, 0.25) is 10.0 Å². The highest BCUT2D eigenvalue weighted by Crippen LogP contribution is 2.20. The fourth-order valence-corrected chi connectivity index (χ4v) is 4.25. The van der Waals surface area contributed by atoms with Crippen molar-refractivity contribution in [2.45, 2.75) is 31.2 Å². The van der Waals surface area contributed by atoms with Crippen molar-refractivity contribution < 1.29 is 8.42 Å². The quantitative estimate of drug-likeness (QED) is 0.822. The molecule has 112 valence electrons. The average molecular weight is 362 g/mol. The number of halogens is 1. The molecule has 0 bridgehead atoms. The van der Waals surface area contributed by atoms with Crippen molar-refractivity contribution in [1.29, 1.82) is 0 Å². The monoisotopic (exact) mass is 361 g/mol. The van der Waals surface area contributed by atoms with E-state index in [1.165, 1.54) is 6.20 Å². The molecule has 0 aliphatic carbocycles. The number of nitrogens with zero attached hydrogens (tertiary/aromatic N) is 3. The first-order chi connectivity index (χ1) is 9.45. The number of aromatic nitrogens is 1. The molecule has 2 rings (SSSR count). The number of rotatable bonds is 4. The summed E-state index contributed by atoms with van der Waals surface area (Å²) in [5, 5.41) is 0. The van der Waals surface area contributed by atoms with Gasteiger partial charge in [-0.05, 0) is 35.3 Å². The molecule has 1 saturated heterocycles. The fraction of sp³-hybridized carbons (Fsp3) is 0.615. The molecule has 1 fully saturated rings. The van der Waals surface area contributed by atoms with E-state index < -0.39 is 10.0 Å². The molecule has 0 N–H and O–H groups in total. The van der Waals surface area contributed by atoms with Crippen molar-refractivity contribution in [3.8, 4) is 0 Å². The number of piperazine rings is 1. The maximum atomic E-state index is 12.5. The number of pyridine rings is 1. The van der Waals surface area contributed by atoms with Crippen LogP contribution in [0.2, 0.25) is 0 Å². The maximum Gasteiger partial charge on any atom is 0.244 e. The van der Waals surface area contributed by atoms with E-state index in [-0.39, 0.29) is 4.90 Å². The molecule has 5 nitrogen and oxygen atoms in total. The van der Waals surface area contributed by atoms with Gasteiger partial charge in [-0.25, -0.2) is 8.42 Å². The third kappa shape index (κ3) is 3.39. The van der Waals surface area contributed by atoms with Gasteiger partial charge >= 0.3 is 0 Å². The van der Waals surface area contributed by atoms with Gasteiger partial charge < -0.3 is 0 Å². The van der Waals surface area contributed by atoms with Gasteiger partial charge in [-0.1, -0.05) is 6.92 Å². The zero-order chi connectivity index (χ0) is 14.8. The maximum absolute atomic E-state index is 12.5. The largest absolute Gasteiger partial charge is 0.298 e. The van der Waals surface area contributed by atoms with Crippen molar-refractivity contribution in [2.24, 2.45) is 0 Å². The van der Waals surface area contributed by atoms with Gasteiger partial charge in [-0.2, -0.15) is 4.31 Å². The van der Waals surface area contributed by atoms with Gasteiger partial charge in [-0.15, -0.1) is 0 Å². The van der Waals surface area contributed by atoms with E-state index in [9.17, 15) is 8.42 Å². The molecule has 1 aromatic heterocycles. The zero-order valence-electron chi connectivity index (χ0n) is 11.8. The van der Waals surface area contributed by atoms with Gasteiger partial charge in [0.05, 0.1) is 0 Å². The molecular formula is C13H20BrN3O2S. The summed E-state index contributed by atoms with van der Waals surface area (Å²) in [7, 11) is -3.43. The van der Waals surface area contributed by atoms with Crippen molar-refractivity contribution in [1.82, 2.24) is 14.2 Å². The van der Waals surface area contributed by atoms with Crippen LogP contribution < -0.4 is 0 Å². The molecule has 0 spiro atoms. The van der Waals surface area contributed by atoms with Gasteiger partial charge in [0.25, 0.3) is 0 Å². The smallest absolute Gasteiger partial charge is 0.244 e. The van der Waals surface area contributed by atoms with Crippen molar-refractivity contribution in [3.05, 3.63) is 22.9 Å². The third-order valence-electron chi connectivity index (χ3n) is 3.80. The number of hydrogen-bond acceptors (Lipinski definition) is 4. The minimum absolute atomic E-state index is 0.254. The van der Waals surface area contributed by atoms with Gasteiger partial charge in [0, 0.05) is 49.1 Å². The Hall–Kier alpha value is -0.500. The lowest BCUT2D eigenvalue weighted by Crippen LogP contribution is -2.51. The summed E-state index contributed by atoms with van der Waals surface area (Å²) < 4.78 is 27.3. The van der Waals surface area contributed by atoms with Gasteiger partial charge in [0.15, 0.2) is 0 Å². The van der Waals surface area contributed by atoms with Crippen LogP contribution in [0.3, 0.4) is 0 Å². The first kappa shape index (κ1) is 15.9. The normalized spacial score (nSPS) is 19.9. The van der Waals surface area contributed by atoms with E-state index in [1.807, 2.05) is 0 Å². The van der Waals surface area contributed by atoms with Crippen LogP contribution in [0.25, 0.3) is 0 Å². The first-order valence-electron chi connectivity index (χ1n) is 6.80. The Kier molecular flexibility index (Phi) is 5.17. The van der Waals surface area contributed by atoms with Crippen molar-refractivity contribution in [3.63, 3.8) is 0 Å². The Morgan fingerprint density at radius 2 is 1.95 bits per heavy atom. The lowest BCUT2D eigenvalue weighted by molar-refractivity contribution is 0.142. The van der Waals surface area contributed by atoms with Crippen LogP contribution in [0.1, 0.15) is 20.3 Å². The summed E-state index contributed by atoms with van der Waals surface area (Å²) in [6.45, 7) is 6.99. The lowest BCUT2D eigenvalue weighted by atomic mass is 10.2. The van der Waals surface area contributed by atoms with E-state index in [1.54, 1.807) is 16.6 Å². The van der Waals surface area contributed by atoms with Crippen molar-refractivity contribution >= 4 is 26.0 Å². The molecule has 7 heteroatoms. The van der Waals surface area contributed by atoms with Gasteiger partial charge in [0.1, 0.15) is 4.90 Å². The Balaban J connectivity index is 2.10. The van der Waals surface area contributed by atoms with Crippen LogP contribution in [0.4, 0.5) is 0 Å². The predicted octanol–water partition coefficient (Wildman–Crippen LogP) is 1.95. The topological polar surface area (TPSA) is 53.5 Å². The number of sulfonamides is 1. The van der Waals surface area contributed by atoms with E-state index >= 15 is 0 Å². The Morgan fingerprint density at radius 3 is 2.50 bits per heavy atom. The summed E-state index contributed by atoms with van der Waals surface area (Å²) in [5.74, 6) is 0. The molecule has 0 radical (unpaired) electrons. The van der Waals surface area contributed by atoms with Crippen LogP contribution in [0, 0.1) is 0 Å². The second-order valence-corrected chi connectivity index (χ2v) is 7.89. The Bertz CT molecular complexity index is 556. The zero-order valence-corrected chi connectivity index (χ0v) is 14.2. The second kappa shape index (κ2) is 6.51. The van der Waals surface area contributed by atoms with E-state index in [0.717, 1.165) is 19.5 Å². The third-order valence-corrected chi connectivity index (χ3v) is 6.10. The highest BCUT2D eigenvalue weighted by Gasteiger charge is 2.29. The molecule has 1 unspecified atom stereocenters. The van der Waals surface area contributed by atoms with Crippen LogP contribution in [-0.2, 0) is 10.0 Å². The lowest BCUT2D eigenvalue weighted by Gasteiger charge is -2.37. The predicted molar refractivity (Wildman–Crippen MR) is 82.0 cm³/mol. The van der Waals surface area contributed by atoms with E-state index in [2.05, 4.69) is 39.7 Å². The minimum atomic E-state index is -3.43. The Labute approximate surface area is 129 Å². The summed E-state index contributed by atoms with van der Waals surface area (Å²) in [6.07, 6.45) is 4.07. The highest BCUT2D eigenvalue weighted by atomic mass is 79.9. The molecule has 20 heavy (non-hydrogen) atoms. The molecule has 1 aliphatic heterocycles. The van der Waals surface area contributed by atoms with Crippen LogP contribution >= 0.6 is 15.9 Å². The standard InChI is InChI=1S/C13H20BrN3O2S/c1-3-11(2)16-4-6-17(7-5-16)20(18,19)13-8-12(14)9-15-10-13/h8-11H,3-7H2,1-2H3. The second-order valence-electron chi connectivity index (χ2n) is 5.04. The molecular weight excluding hydrogens is 342 g/mol. The summed E-state index contributed by atoms with van der Waals surface area (Å²) in [4.78, 5) is 6.53. The highest BCUT2D eigenvalue weighted by molar-refractivity contribution is 9.10. The molecule has 0 amide bonds. The number of hydrogen-bond donors (Lipinski definition) is 0. The van der Waals surface area contributed by atoms with E-state index in [0.29, 0.717) is 23.6 Å². The Morgan fingerprint density at radius 1 is 1.30 bits per heavy atom. The molecule has 0 aromatic carbocycles. The SMILES string of the molecule is CCC(C)N1CCN(S(=O)(=O)c2cncc(Br)c2)CC1. The summed E-state index contributed by atoms with van der Waals surface area (Å²) in [5.41, 5.74) is 0. The van der Waals surface area contributed by atoms with Crippen LogP contribution in [-0.4, -0.2) is 54.8 Å². The summed E-state index contributed by atoms with van der Waals surface area (Å²) in [6, 6.07) is 2.11. The average Bonchev–Trinajstić information content (AvgIpc) is 2.46. The van der Waals surface area contributed by atoms with Crippen molar-refractivity contribution in [2.75, 3.05) is 26.2 Å². The molecule has 1 atom stereocenters. The van der Waals surface area contributed by atoms with E-state index in [4.69, 9.17) is 0 Å². The van der Waals surface area contributed by atoms with Gasteiger partial charge in [-0.3, -0.25) is 9.88 Å². The molecule has 2 heterocycles. The molecule has 1 aliphatic rings. The van der Waals surface area contributed by atoms with Crippen LogP contribution in [0.5, 0.6) is 0 Å². The minimum Gasteiger partial charge on any atom is -0.298 e. The first-order valence-corrected chi connectivity index (χ1v) is 9.03. The molecule has 1 aromatic rings. The molecule has 0 saturated carbocycles. The fourth-order valence-electron chi connectivity index (χ4n) is 2.33. The van der Waals surface area contributed by atoms with Crippen LogP contribution in [0.15, 0.2) is 27.8 Å². The summed E-state index contributed by atoms with van der Waals surface area (Å²) >= 11 is 3.26.